The summed E-state index contributed by atoms with van der Waals surface area (Å²) in [5.41, 5.74) is 0. The first-order valence-corrected chi connectivity index (χ1v) is 7.44. The molecule has 1 heterocycles. The van der Waals surface area contributed by atoms with E-state index >= 15 is 0 Å². The summed E-state index contributed by atoms with van der Waals surface area (Å²) < 4.78 is 28.0. The van der Waals surface area contributed by atoms with Crippen molar-refractivity contribution in [2.75, 3.05) is 31.3 Å². The van der Waals surface area contributed by atoms with Crippen LogP contribution in [0.3, 0.4) is 0 Å². The molecule has 0 aromatic heterocycles. The third kappa shape index (κ3) is 5.39. The average molecular weight is 250 g/mol. The smallest absolute Gasteiger partial charge is 0.168 e. The Morgan fingerprint density at radius 1 is 1.38 bits per heavy atom. The normalized spacial score (nSPS) is 22.8. The third-order valence-electron chi connectivity index (χ3n) is 2.42. The second kappa shape index (κ2) is 8.17. The number of ether oxygens (including phenoxy) is 3. The summed E-state index contributed by atoms with van der Waals surface area (Å²) in [6.07, 6.45) is 1.95. The van der Waals surface area contributed by atoms with E-state index in [-0.39, 0.29) is 12.4 Å². The Balaban J connectivity index is 2.23. The van der Waals surface area contributed by atoms with Gasteiger partial charge in [-0.1, -0.05) is 0 Å². The molecule has 1 rings (SSSR count). The quantitative estimate of drug-likeness (QED) is 0.609. The molecule has 2 unspecified atom stereocenters. The maximum atomic E-state index is 11.8. The molecule has 0 aromatic carbocycles. The van der Waals surface area contributed by atoms with Crippen molar-refractivity contribution < 1.29 is 18.4 Å². The van der Waals surface area contributed by atoms with Gasteiger partial charge in [-0.15, -0.1) is 0 Å². The monoisotopic (exact) mass is 250 g/mol. The zero-order valence-corrected chi connectivity index (χ0v) is 11.0. The highest BCUT2D eigenvalue weighted by Gasteiger charge is 2.20. The Morgan fingerprint density at radius 2 is 2.06 bits per heavy atom. The van der Waals surface area contributed by atoms with Crippen molar-refractivity contribution in [3.63, 3.8) is 0 Å². The Morgan fingerprint density at radius 3 is 2.56 bits per heavy atom. The molecule has 1 aliphatic heterocycles. The van der Waals surface area contributed by atoms with E-state index in [1.165, 1.54) is 0 Å². The van der Waals surface area contributed by atoms with E-state index in [1.807, 2.05) is 13.8 Å². The maximum Gasteiger partial charge on any atom is 0.168 e. The molecule has 2 atom stereocenters. The van der Waals surface area contributed by atoms with Gasteiger partial charge < -0.3 is 14.2 Å². The van der Waals surface area contributed by atoms with Gasteiger partial charge in [-0.2, -0.15) is 0 Å². The number of rotatable bonds is 8. The Kier molecular flexibility index (Phi) is 7.20. The molecule has 1 aliphatic rings. The summed E-state index contributed by atoms with van der Waals surface area (Å²) in [5.74, 6) is 1.05. The highest BCUT2D eigenvalue weighted by Crippen LogP contribution is 2.13. The predicted octanol–water partition coefficient (Wildman–Crippen LogP) is 1.31. The zero-order chi connectivity index (χ0) is 11.8. The van der Waals surface area contributed by atoms with E-state index < -0.39 is 10.8 Å². The average Bonchev–Trinajstić information content (AvgIpc) is 2.71. The minimum absolute atomic E-state index is 0.171. The van der Waals surface area contributed by atoms with E-state index in [4.69, 9.17) is 14.2 Å². The van der Waals surface area contributed by atoms with Gasteiger partial charge in [-0.05, 0) is 26.7 Å². The summed E-state index contributed by atoms with van der Waals surface area (Å²) in [6.45, 7) is 5.80. The molecule has 0 radical (unpaired) electrons. The molecule has 0 N–H and O–H groups in total. The van der Waals surface area contributed by atoms with Crippen LogP contribution in [0.2, 0.25) is 0 Å². The summed E-state index contributed by atoms with van der Waals surface area (Å²) >= 11 is 0. The van der Waals surface area contributed by atoms with Crippen molar-refractivity contribution in [2.24, 2.45) is 0 Å². The second-order valence-corrected chi connectivity index (χ2v) is 5.29. The Bertz CT molecular complexity index is 198. The second-order valence-electron chi connectivity index (χ2n) is 3.75. The van der Waals surface area contributed by atoms with E-state index in [2.05, 4.69) is 0 Å². The van der Waals surface area contributed by atoms with E-state index in [0.717, 1.165) is 19.4 Å². The van der Waals surface area contributed by atoms with Gasteiger partial charge in [0, 0.05) is 36.4 Å². The van der Waals surface area contributed by atoms with Gasteiger partial charge in [0.2, 0.25) is 0 Å². The highest BCUT2D eigenvalue weighted by molar-refractivity contribution is 7.85. The standard InChI is InChI=1S/C11H22O4S/c1-3-13-11(14-4-2)9-16(12)8-10-6-5-7-15-10/h10-11H,3-9H2,1-2H3. The first-order valence-electron chi connectivity index (χ1n) is 5.96. The minimum atomic E-state index is -0.918. The number of hydrogen-bond acceptors (Lipinski definition) is 4. The van der Waals surface area contributed by atoms with Gasteiger partial charge in [0.1, 0.15) is 0 Å². The van der Waals surface area contributed by atoms with Gasteiger partial charge in [0.15, 0.2) is 6.29 Å². The molecule has 0 amide bonds. The predicted molar refractivity (Wildman–Crippen MR) is 63.9 cm³/mol. The molecule has 1 fully saturated rings. The van der Waals surface area contributed by atoms with Crippen LogP contribution in [0.15, 0.2) is 0 Å². The molecule has 96 valence electrons. The lowest BCUT2D eigenvalue weighted by Crippen LogP contribution is -2.28. The number of hydrogen-bond donors (Lipinski definition) is 0. The lowest BCUT2D eigenvalue weighted by molar-refractivity contribution is -0.120. The van der Waals surface area contributed by atoms with Crippen LogP contribution in [0.5, 0.6) is 0 Å². The maximum absolute atomic E-state index is 11.8. The zero-order valence-electron chi connectivity index (χ0n) is 10.1. The van der Waals surface area contributed by atoms with Gasteiger partial charge in [0.25, 0.3) is 0 Å². The summed E-state index contributed by atoms with van der Waals surface area (Å²) in [7, 11) is -0.918. The molecule has 0 aliphatic carbocycles. The topological polar surface area (TPSA) is 44.8 Å². The molecule has 4 nitrogen and oxygen atoms in total. The molecule has 16 heavy (non-hydrogen) atoms. The van der Waals surface area contributed by atoms with E-state index in [9.17, 15) is 4.21 Å². The van der Waals surface area contributed by atoms with Crippen LogP contribution in [-0.4, -0.2) is 47.9 Å². The summed E-state index contributed by atoms with van der Waals surface area (Å²) in [6, 6.07) is 0. The summed E-state index contributed by atoms with van der Waals surface area (Å²) in [5, 5.41) is 0. The Hall–Kier alpha value is 0.0300. The van der Waals surface area contributed by atoms with Crippen molar-refractivity contribution in [1.29, 1.82) is 0 Å². The minimum Gasteiger partial charge on any atom is -0.377 e. The molecule has 0 saturated carbocycles. The molecular weight excluding hydrogens is 228 g/mol. The summed E-state index contributed by atoms with van der Waals surface area (Å²) in [4.78, 5) is 0. The molecule has 0 aromatic rings. The lowest BCUT2D eigenvalue weighted by atomic mass is 10.3. The molecule has 0 bridgehead atoms. The first kappa shape index (κ1) is 14.1. The van der Waals surface area contributed by atoms with Crippen molar-refractivity contribution >= 4 is 10.8 Å². The van der Waals surface area contributed by atoms with E-state index in [0.29, 0.717) is 24.7 Å². The fourth-order valence-electron chi connectivity index (χ4n) is 1.72. The van der Waals surface area contributed by atoms with Gasteiger partial charge >= 0.3 is 0 Å². The molecule has 0 spiro atoms. The van der Waals surface area contributed by atoms with E-state index in [1.54, 1.807) is 0 Å². The van der Waals surface area contributed by atoms with Crippen molar-refractivity contribution in [2.45, 2.75) is 39.1 Å². The van der Waals surface area contributed by atoms with Crippen LogP contribution in [-0.2, 0) is 25.0 Å². The molecular formula is C11H22O4S. The highest BCUT2D eigenvalue weighted by atomic mass is 32.2. The third-order valence-corrected chi connectivity index (χ3v) is 3.81. The van der Waals surface area contributed by atoms with Gasteiger partial charge in [-0.3, -0.25) is 4.21 Å². The van der Waals surface area contributed by atoms with Gasteiger partial charge in [-0.25, -0.2) is 0 Å². The van der Waals surface area contributed by atoms with Crippen LogP contribution in [0, 0.1) is 0 Å². The fraction of sp³-hybridized carbons (Fsp3) is 1.00. The van der Waals surface area contributed by atoms with Gasteiger partial charge in [0.05, 0.1) is 11.9 Å². The Labute approximate surface area is 100 Å². The van der Waals surface area contributed by atoms with Crippen LogP contribution in [0.25, 0.3) is 0 Å². The van der Waals surface area contributed by atoms with Crippen LogP contribution < -0.4 is 0 Å². The molecule has 1 saturated heterocycles. The van der Waals surface area contributed by atoms with Crippen molar-refractivity contribution in [3.8, 4) is 0 Å². The van der Waals surface area contributed by atoms with Crippen molar-refractivity contribution in [1.82, 2.24) is 0 Å². The first-order chi connectivity index (χ1) is 7.76. The fourth-order valence-corrected chi connectivity index (χ4v) is 3.03. The van der Waals surface area contributed by atoms with Crippen LogP contribution in [0.1, 0.15) is 26.7 Å². The largest absolute Gasteiger partial charge is 0.377 e. The van der Waals surface area contributed by atoms with Crippen LogP contribution in [0.4, 0.5) is 0 Å². The lowest BCUT2D eigenvalue weighted by Gasteiger charge is -2.17. The van der Waals surface area contributed by atoms with Crippen molar-refractivity contribution in [3.05, 3.63) is 0 Å². The SMILES string of the molecule is CCOC(CS(=O)CC1CCCO1)OCC. The van der Waals surface area contributed by atoms with Crippen LogP contribution >= 0.6 is 0 Å². The molecule has 5 heteroatoms.